The van der Waals surface area contributed by atoms with Gasteiger partial charge in [0.2, 0.25) is 15.9 Å². The van der Waals surface area contributed by atoms with Crippen LogP contribution in [0.15, 0.2) is 59.5 Å². The molecule has 2 aromatic rings. The topological polar surface area (TPSA) is 78.5 Å². The number of nitrogens with zero attached hydrogens (tertiary/aromatic N) is 1. The zero-order valence-corrected chi connectivity index (χ0v) is 19.3. The van der Waals surface area contributed by atoms with E-state index in [9.17, 15) is 17.6 Å². The number of amides is 1. The number of rotatable bonds is 10. The summed E-state index contributed by atoms with van der Waals surface area (Å²) in [6.07, 6.45) is 3.42. The van der Waals surface area contributed by atoms with E-state index >= 15 is 0 Å². The fourth-order valence-corrected chi connectivity index (χ4v) is 5.35. The minimum Gasteiger partial charge on any atom is -0.355 e. The standard InChI is InChI=1S/C24H32FN3O3S/c1-19-9-7-15-28(18-19)16-8-14-26-24(29)22(17-20-10-3-2-4-11-20)27-32(30,31)23-13-6-5-12-21(23)25/h2-6,10-13,19,22,27H,7-9,14-18H2,1H3,(H,26,29)/t19?,22-/m0/s1. The minimum absolute atomic E-state index is 0.171. The highest BCUT2D eigenvalue weighted by molar-refractivity contribution is 7.89. The van der Waals surface area contributed by atoms with Crippen LogP contribution in [0.2, 0.25) is 0 Å². The normalized spacial score (nSPS) is 18.2. The zero-order valence-electron chi connectivity index (χ0n) is 18.5. The summed E-state index contributed by atoms with van der Waals surface area (Å²) in [6.45, 7) is 5.76. The third-order valence-corrected chi connectivity index (χ3v) is 7.22. The molecule has 0 saturated carbocycles. The maximum atomic E-state index is 14.1. The van der Waals surface area contributed by atoms with Crippen molar-refractivity contribution in [3.05, 3.63) is 66.0 Å². The molecule has 0 bridgehead atoms. The van der Waals surface area contributed by atoms with Gasteiger partial charge in [-0.05, 0) is 62.4 Å². The van der Waals surface area contributed by atoms with Crippen molar-refractivity contribution < 1.29 is 17.6 Å². The first-order chi connectivity index (χ1) is 15.3. The lowest BCUT2D eigenvalue weighted by atomic mass is 10.0. The Bertz CT molecular complexity index is 985. The summed E-state index contributed by atoms with van der Waals surface area (Å²) >= 11 is 0. The van der Waals surface area contributed by atoms with Crippen molar-refractivity contribution in [3.8, 4) is 0 Å². The van der Waals surface area contributed by atoms with E-state index in [4.69, 9.17) is 0 Å². The quantitative estimate of drug-likeness (QED) is 0.534. The molecular weight excluding hydrogens is 429 g/mol. The number of likely N-dealkylation sites (tertiary alicyclic amines) is 1. The molecule has 1 saturated heterocycles. The van der Waals surface area contributed by atoms with Gasteiger partial charge in [0, 0.05) is 13.1 Å². The average Bonchev–Trinajstić information content (AvgIpc) is 2.77. The molecule has 1 unspecified atom stereocenters. The Labute approximate surface area is 190 Å². The van der Waals surface area contributed by atoms with E-state index in [0.29, 0.717) is 12.5 Å². The third kappa shape index (κ3) is 7.12. The summed E-state index contributed by atoms with van der Waals surface area (Å²) in [5, 5.41) is 2.86. The predicted octanol–water partition coefficient (Wildman–Crippen LogP) is 2.95. The molecule has 1 amide bonds. The molecular formula is C24H32FN3O3S. The summed E-state index contributed by atoms with van der Waals surface area (Å²) in [6, 6.07) is 13.3. The van der Waals surface area contributed by atoms with E-state index in [-0.39, 0.29) is 6.42 Å². The molecule has 0 aromatic heterocycles. The molecule has 3 rings (SSSR count). The molecule has 0 radical (unpaired) electrons. The van der Waals surface area contributed by atoms with Gasteiger partial charge in [-0.1, -0.05) is 49.4 Å². The monoisotopic (exact) mass is 461 g/mol. The molecule has 2 atom stereocenters. The average molecular weight is 462 g/mol. The SMILES string of the molecule is CC1CCCN(CCCNC(=O)[C@H](Cc2ccccc2)NS(=O)(=O)c2ccccc2F)C1. The van der Waals surface area contributed by atoms with Gasteiger partial charge >= 0.3 is 0 Å². The van der Waals surface area contributed by atoms with Gasteiger partial charge in [-0.25, -0.2) is 12.8 Å². The molecule has 1 fully saturated rings. The molecule has 6 nitrogen and oxygen atoms in total. The Morgan fingerprint density at radius 1 is 1.16 bits per heavy atom. The molecule has 2 aromatic carbocycles. The number of benzene rings is 2. The van der Waals surface area contributed by atoms with Crippen molar-refractivity contribution in [2.75, 3.05) is 26.2 Å². The second-order valence-corrected chi connectivity index (χ2v) is 10.2. The summed E-state index contributed by atoms with van der Waals surface area (Å²) in [4.78, 5) is 14.8. The van der Waals surface area contributed by atoms with Gasteiger partial charge in [0.05, 0.1) is 0 Å². The Morgan fingerprint density at radius 2 is 1.88 bits per heavy atom. The molecule has 174 valence electrons. The summed E-state index contributed by atoms with van der Waals surface area (Å²) in [5.74, 6) is -0.572. The summed E-state index contributed by atoms with van der Waals surface area (Å²) < 4.78 is 42.1. The second kappa shape index (κ2) is 11.5. The lowest BCUT2D eigenvalue weighted by Gasteiger charge is -2.30. The van der Waals surface area contributed by atoms with Crippen LogP contribution in [0, 0.1) is 11.7 Å². The molecule has 8 heteroatoms. The van der Waals surface area contributed by atoms with E-state index in [0.717, 1.165) is 37.7 Å². The predicted molar refractivity (Wildman–Crippen MR) is 123 cm³/mol. The fourth-order valence-electron chi connectivity index (χ4n) is 4.08. The van der Waals surface area contributed by atoms with Crippen LogP contribution in [0.4, 0.5) is 4.39 Å². The largest absolute Gasteiger partial charge is 0.355 e. The van der Waals surface area contributed by atoms with Crippen LogP contribution < -0.4 is 10.0 Å². The Kier molecular flexibility index (Phi) is 8.78. The van der Waals surface area contributed by atoms with Gasteiger partial charge < -0.3 is 10.2 Å². The van der Waals surface area contributed by atoms with Gasteiger partial charge in [-0.15, -0.1) is 0 Å². The van der Waals surface area contributed by atoms with Crippen LogP contribution in [0.25, 0.3) is 0 Å². The third-order valence-electron chi connectivity index (χ3n) is 5.71. The van der Waals surface area contributed by atoms with Crippen molar-refractivity contribution >= 4 is 15.9 Å². The van der Waals surface area contributed by atoms with Crippen molar-refractivity contribution in [2.24, 2.45) is 5.92 Å². The van der Waals surface area contributed by atoms with Crippen molar-refractivity contribution in [1.29, 1.82) is 0 Å². The molecule has 1 aliphatic rings. The van der Waals surface area contributed by atoms with Gasteiger partial charge in [-0.2, -0.15) is 4.72 Å². The van der Waals surface area contributed by atoms with Gasteiger partial charge in [0.1, 0.15) is 16.8 Å². The number of carbonyl (C=O) groups excluding carboxylic acids is 1. The number of halogens is 1. The first-order valence-corrected chi connectivity index (χ1v) is 12.6. The molecule has 1 aliphatic heterocycles. The molecule has 1 heterocycles. The van der Waals surface area contributed by atoms with Crippen LogP contribution in [0.3, 0.4) is 0 Å². The van der Waals surface area contributed by atoms with Gasteiger partial charge in [0.15, 0.2) is 0 Å². The first-order valence-electron chi connectivity index (χ1n) is 11.2. The van der Waals surface area contributed by atoms with Crippen LogP contribution >= 0.6 is 0 Å². The van der Waals surface area contributed by atoms with E-state index < -0.39 is 32.7 Å². The summed E-state index contributed by atoms with van der Waals surface area (Å²) in [7, 11) is -4.20. The molecule has 2 N–H and O–H groups in total. The Hall–Kier alpha value is -2.29. The van der Waals surface area contributed by atoms with Crippen LogP contribution in [0.1, 0.15) is 31.7 Å². The van der Waals surface area contributed by atoms with Crippen LogP contribution in [0.5, 0.6) is 0 Å². The van der Waals surface area contributed by atoms with Gasteiger partial charge in [0.25, 0.3) is 0 Å². The maximum absolute atomic E-state index is 14.1. The molecule has 0 aliphatic carbocycles. The van der Waals surface area contributed by atoms with E-state index in [1.54, 1.807) is 0 Å². The number of nitrogens with one attached hydrogen (secondary N) is 2. The van der Waals surface area contributed by atoms with E-state index in [2.05, 4.69) is 21.9 Å². The smallest absolute Gasteiger partial charge is 0.244 e. The molecule has 32 heavy (non-hydrogen) atoms. The van der Waals surface area contributed by atoms with Crippen molar-refractivity contribution in [3.63, 3.8) is 0 Å². The zero-order chi connectivity index (χ0) is 23.0. The number of piperidine rings is 1. The number of hydrogen-bond donors (Lipinski definition) is 2. The summed E-state index contributed by atoms with van der Waals surface area (Å²) in [5.41, 5.74) is 0.811. The van der Waals surface area contributed by atoms with E-state index in [1.165, 1.54) is 31.0 Å². The van der Waals surface area contributed by atoms with E-state index in [1.807, 2.05) is 30.3 Å². The molecule has 0 spiro atoms. The van der Waals surface area contributed by atoms with Crippen LogP contribution in [-0.4, -0.2) is 51.4 Å². The minimum atomic E-state index is -4.20. The second-order valence-electron chi connectivity index (χ2n) is 8.49. The Morgan fingerprint density at radius 3 is 2.59 bits per heavy atom. The van der Waals surface area contributed by atoms with Crippen LogP contribution in [-0.2, 0) is 21.2 Å². The number of hydrogen-bond acceptors (Lipinski definition) is 4. The van der Waals surface area contributed by atoms with Crippen molar-refractivity contribution in [1.82, 2.24) is 14.9 Å². The van der Waals surface area contributed by atoms with Gasteiger partial charge in [-0.3, -0.25) is 4.79 Å². The Balaban J connectivity index is 1.63. The highest BCUT2D eigenvalue weighted by Gasteiger charge is 2.27. The van der Waals surface area contributed by atoms with Crippen molar-refractivity contribution in [2.45, 2.75) is 43.5 Å². The first kappa shape index (κ1) is 24.4. The fraction of sp³-hybridized carbons (Fsp3) is 0.458. The number of sulfonamides is 1. The highest BCUT2D eigenvalue weighted by Crippen LogP contribution is 2.16. The number of carbonyl (C=O) groups is 1. The highest BCUT2D eigenvalue weighted by atomic mass is 32.2. The maximum Gasteiger partial charge on any atom is 0.244 e. The lowest BCUT2D eigenvalue weighted by Crippen LogP contribution is -2.48. The lowest BCUT2D eigenvalue weighted by molar-refractivity contribution is -0.122.